The zero-order valence-electron chi connectivity index (χ0n) is 24.4. The topological polar surface area (TPSA) is 121 Å². The molecule has 3 aliphatic heterocycles. The fourth-order valence-electron chi connectivity index (χ4n) is 8.83. The van der Waals surface area contributed by atoms with Crippen LogP contribution in [0.1, 0.15) is 70.3 Å². The predicted molar refractivity (Wildman–Crippen MR) is 159 cm³/mol. The van der Waals surface area contributed by atoms with Gasteiger partial charge in [0.25, 0.3) is 0 Å². The molecule has 7 rings (SSSR count). The highest BCUT2D eigenvalue weighted by Crippen LogP contribution is 2.46. The van der Waals surface area contributed by atoms with E-state index >= 15 is 0 Å². The first-order valence-electron chi connectivity index (χ1n) is 16.0. The van der Waals surface area contributed by atoms with Gasteiger partial charge in [0.15, 0.2) is 0 Å². The number of hydrogen-bond donors (Lipinski definition) is 7. The van der Waals surface area contributed by atoms with Crippen LogP contribution in [0, 0.1) is 17.8 Å². The van der Waals surface area contributed by atoms with Gasteiger partial charge in [0, 0.05) is 43.7 Å². The fourth-order valence-corrected chi connectivity index (χ4v) is 8.83. The van der Waals surface area contributed by atoms with Crippen LogP contribution in [0.3, 0.4) is 0 Å². The molecule has 0 bridgehead atoms. The maximum Gasteiger partial charge on any atom is 0.0964 e. The van der Waals surface area contributed by atoms with Crippen LogP contribution in [0.2, 0.25) is 0 Å². The van der Waals surface area contributed by atoms with E-state index in [4.69, 9.17) is 5.73 Å². The minimum Gasteiger partial charge on any atom is -0.390 e. The molecule has 5 fully saturated rings. The molecule has 0 spiro atoms. The number of hydrogen-bond acceptors (Lipinski definition) is 9. The summed E-state index contributed by atoms with van der Waals surface area (Å²) in [6.45, 7) is 4.88. The SMILES string of the molecule is CN(C[C@H]1C[C@@H](N2CCC3C(N)NCNC32)[C@H](O)[C@@H]1O)[C@H]1C[C@H](CCC2Nc3ccc(C4(C)CCC4)cc3N2)C1. The molecule has 6 aliphatic rings. The summed E-state index contributed by atoms with van der Waals surface area (Å²) < 4.78 is 0. The van der Waals surface area contributed by atoms with Crippen molar-refractivity contribution in [2.24, 2.45) is 23.5 Å². The molecule has 222 valence electrons. The standard InChI is InChI=1S/C31H51N7O2/c1-31(9-3-10-31)20-5-6-23-24(15-20)36-26(35-23)7-4-18-12-21(13-18)37(2)16-19-14-25(28(40)27(19)39)38-11-8-22-29(32)33-17-34-30(22)38/h5-6,15,18-19,21-22,25-30,33-36,39-40H,3-4,7-14,16-17,32H2,1-2H3/t18-,19-,21-,22?,25-,26?,27-,28+,29?,30?/m1/s1. The summed E-state index contributed by atoms with van der Waals surface area (Å²) in [4.78, 5) is 4.84. The summed E-state index contributed by atoms with van der Waals surface area (Å²) in [5.74, 6) is 1.23. The van der Waals surface area contributed by atoms with Gasteiger partial charge >= 0.3 is 0 Å². The maximum atomic E-state index is 11.0. The molecule has 1 aromatic rings. The average Bonchev–Trinajstić information content (AvgIpc) is 3.58. The summed E-state index contributed by atoms with van der Waals surface area (Å²) in [6, 6.07) is 7.56. The molecule has 2 saturated heterocycles. The molecule has 3 aliphatic carbocycles. The van der Waals surface area contributed by atoms with E-state index in [2.05, 4.69) is 63.2 Å². The van der Waals surface area contributed by atoms with Crippen molar-refractivity contribution in [1.82, 2.24) is 20.4 Å². The van der Waals surface area contributed by atoms with Gasteiger partial charge in [-0.15, -0.1) is 0 Å². The molecule has 3 saturated carbocycles. The number of anilines is 2. The molecule has 9 nitrogen and oxygen atoms in total. The van der Waals surface area contributed by atoms with Gasteiger partial charge in [-0.2, -0.15) is 0 Å². The van der Waals surface area contributed by atoms with Crippen LogP contribution in [0.5, 0.6) is 0 Å². The van der Waals surface area contributed by atoms with Crippen molar-refractivity contribution in [2.75, 3.05) is 37.4 Å². The van der Waals surface area contributed by atoms with E-state index in [1.807, 2.05) is 0 Å². The summed E-state index contributed by atoms with van der Waals surface area (Å²) in [5.41, 5.74) is 10.7. The van der Waals surface area contributed by atoms with Crippen molar-refractivity contribution in [2.45, 2.75) is 113 Å². The lowest BCUT2D eigenvalue weighted by atomic mass is 9.66. The summed E-state index contributed by atoms with van der Waals surface area (Å²) >= 11 is 0. The first-order chi connectivity index (χ1) is 19.3. The van der Waals surface area contributed by atoms with Gasteiger partial charge in [-0.1, -0.05) is 19.4 Å². The predicted octanol–water partition coefficient (Wildman–Crippen LogP) is 1.98. The number of fused-ring (bicyclic) bond motifs is 2. The number of aliphatic hydroxyl groups is 2. The molecule has 0 amide bonds. The minimum atomic E-state index is -0.692. The van der Waals surface area contributed by atoms with Crippen LogP contribution in [-0.2, 0) is 5.41 Å². The van der Waals surface area contributed by atoms with Crippen LogP contribution in [0.4, 0.5) is 11.4 Å². The summed E-state index contributed by atoms with van der Waals surface area (Å²) in [7, 11) is 2.21. The number of nitrogens with two attached hydrogens (primary N) is 1. The largest absolute Gasteiger partial charge is 0.390 e. The Bertz CT molecular complexity index is 1060. The highest BCUT2D eigenvalue weighted by Gasteiger charge is 2.51. The van der Waals surface area contributed by atoms with E-state index < -0.39 is 12.2 Å². The third kappa shape index (κ3) is 4.85. The van der Waals surface area contributed by atoms with Gasteiger partial charge in [0.2, 0.25) is 0 Å². The Labute approximate surface area is 239 Å². The van der Waals surface area contributed by atoms with Gasteiger partial charge in [-0.3, -0.25) is 15.5 Å². The maximum absolute atomic E-state index is 11.0. The number of likely N-dealkylation sites (tertiary alicyclic amines) is 1. The van der Waals surface area contributed by atoms with Crippen LogP contribution in [0.15, 0.2) is 18.2 Å². The molecule has 0 aromatic heterocycles. The Morgan fingerprint density at radius 3 is 2.62 bits per heavy atom. The first kappa shape index (κ1) is 27.4. The fraction of sp³-hybridized carbons (Fsp3) is 0.806. The molecule has 4 unspecified atom stereocenters. The molecule has 0 radical (unpaired) electrons. The van der Waals surface area contributed by atoms with Gasteiger partial charge in [0.1, 0.15) is 0 Å². The summed E-state index contributed by atoms with van der Waals surface area (Å²) in [6.07, 6.45) is 9.86. The summed E-state index contributed by atoms with van der Waals surface area (Å²) in [5, 5.41) is 36.3. The second-order valence-electron chi connectivity index (χ2n) is 14.3. The Hall–Kier alpha value is -1.46. The van der Waals surface area contributed by atoms with Crippen LogP contribution < -0.4 is 27.0 Å². The monoisotopic (exact) mass is 553 g/mol. The molecule has 3 heterocycles. The van der Waals surface area contributed by atoms with Crippen LogP contribution in [-0.4, -0.2) is 89.6 Å². The molecule has 8 atom stereocenters. The van der Waals surface area contributed by atoms with Crippen molar-refractivity contribution in [3.8, 4) is 0 Å². The number of benzene rings is 1. The van der Waals surface area contributed by atoms with Crippen molar-refractivity contribution in [3.63, 3.8) is 0 Å². The van der Waals surface area contributed by atoms with Crippen molar-refractivity contribution >= 4 is 11.4 Å². The Balaban J connectivity index is 0.854. The third-order valence-electron chi connectivity index (χ3n) is 11.8. The van der Waals surface area contributed by atoms with E-state index in [9.17, 15) is 10.2 Å². The van der Waals surface area contributed by atoms with E-state index in [-0.39, 0.29) is 24.3 Å². The van der Waals surface area contributed by atoms with Crippen LogP contribution in [0.25, 0.3) is 0 Å². The quantitative estimate of drug-likeness (QED) is 0.259. The van der Waals surface area contributed by atoms with E-state index in [1.165, 1.54) is 55.5 Å². The Morgan fingerprint density at radius 2 is 1.85 bits per heavy atom. The molecule has 40 heavy (non-hydrogen) atoms. The lowest BCUT2D eigenvalue weighted by molar-refractivity contribution is -0.0279. The Morgan fingerprint density at radius 1 is 1.05 bits per heavy atom. The van der Waals surface area contributed by atoms with E-state index in [0.29, 0.717) is 30.2 Å². The van der Waals surface area contributed by atoms with Crippen LogP contribution >= 0.6 is 0 Å². The molecule has 8 N–H and O–H groups in total. The zero-order chi connectivity index (χ0) is 27.6. The van der Waals surface area contributed by atoms with Gasteiger partial charge < -0.3 is 31.5 Å². The normalized spacial score (nSPS) is 42.0. The zero-order valence-corrected chi connectivity index (χ0v) is 24.4. The number of rotatable bonds is 8. The first-order valence-corrected chi connectivity index (χ1v) is 16.0. The number of aliphatic hydroxyl groups excluding tert-OH is 2. The lowest BCUT2D eigenvalue weighted by Crippen LogP contribution is -2.64. The Kier molecular flexibility index (Phi) is 7.30. The number of nitrogens with one attached hydrogen (secondary N) is 4. The van der Waals surface area contributed by atoms with Gasteiger partial charge in [-0.25, -0.2) is 0 Å². The minimum absolute atomic E-state index is 0.00136. The van der Waals surface area contributed by atoms with Crippen molar-refractivity contribution < 1.29 is 10.2 Å². The second-order valence-corrected chi connectivity index (χ2v) is 14.3. The lowest BCUT2D eigenvalue weighted by Gasteiger charge is -2.43. The van der Waals surface area contributed by atoms with Crippen molar-refractivity contribution in [3.05, 3.63) is 23.8 Å². The second kappa shape index (κ2) is 10.7. The molecule has 1 aromatic carbocycles. The molecular formula is C31H51N7O2. The van der Waals surface area contributed by atoms with E-state index in [0.717, 1.165) is 38.3 Å². The van der Waals surface area contributed by atoms with Gasteiger partial charge in [0.05, 0.1) is 42.1 Å². The van der Waals surface area contributed by atoms with Gasteiger partial charge in [-0.05, 0) is 87.4 Å². The molecular weight excluding hydrogens is 502 g/mol. The highest BCUT2D eigenvalue weighted by atomic mass is 16.3. The molecule has 9 heteroatoms. The average molecular weight is 554 g/mol. The van der Waals surface area contributed by atoms with Crippen molar-refractivity contribution in [1.29, 1.82) is 0 Å². The highest BCUT2D eigenvalue weighted by molar-refractivity contribution is 5.75. The third-order valence-corrected chi connectivity index (χ3v) is 11.8. The smallest absolute Gasteiger partial charge is 0.0964 e. The van der Waals surface area contributed by atoms with E-state index in [1.54, 1.807) is 0 Å². The number of nitrogens with zero attached hydrogens (tertiary/aromatic N) is 2.